The van der Waals surface area contributed by atoms with Crippen molar-refractivity contribution >= 4 is 11.9 Å². The Bertz CT molecular complexity index is 738. The maximum absolute atomic E-state index is 12.6. The van der Waals surface area contributed by atoms with Gasteiger partial charge in [0, 0.05) is 12.0 Å². The molecule has 0 radical (unpaired) electrons. The lowest BCUT2D eigenvalue weighted by Crippen LogP contribution is -2.29. The second kappa shape index (κ2) is 8.52. The van der Waals surface area contributed by atoms with Crippen LogP contribution in [0.15, 0.2) is 54.6 Å². The molecular formula is C21H23NO4. The van der Waals surface area contributed by atoms with E-state index >= 15 is 0 Å². The molecule has 2 aromatic rings. The molecule has 1 unspecified atom stereocenters. The van der Waals surface area contributed by atoms with E-state index in [1.807, 2.05) is 30.3 Å². The minimum absolute atomic E-state index is 0.00617. The number of carbonyl (C=O) groups is 2. The van der Waals surface area contributed by atoms with Crippen molar-refractivity contribution in [1.29, 1.82) is 0 Å². The fourth-order valence-electron chi connectivity index (χ4n) is 2.72. The number of aliphatic carboxylic acids is 1. The van der Waals surface area contributed by atoms with E-state index in [2.05, 4.69) is 5.32 Å². The van der Waals surface area contributed by atoms with Gasteiger partial charge >= 0.3 is 5.97 Å². The lowest BCUT2D eigenvalue weighted by molar-refractivity contribution is -0.137. The Balaban J connectivity index is 1.63. The summed E-state index contributed by atoms with van der Waals surface area (Å²) in [6.45, 7) is 0.733. The lowest BCUT2D eigenvalue weighted by atomic mass is 10.0. The Hall–Kier alpha value is -2.82. The summed E-state index contributed by atoms with van der Waals surface area (Å²) in [5.41, 5.74) is 1.42. The van der Waals surface area contributed by atoms with Crippen molar-refractivity contribution < 1.29 is 19.4 Å². The van der Waals surface area contributed by atoms with Crippen molar-refractivity contribution in [2.45, 2.75) is 31.7 Å². The molecule has 0 spiro atoms. The summed E-state index contributed by atoms with van der Waals surface area (Å²) in [6.07, 6.45) is 2.80. The highest BCUT2D eigenvalue weighted by atomic mass is 16.5. The number of hydrogen-bond acceptors (Lipinski definition) is 3. The Labute approximate surface area is 153 Å². The van der Waals surface area contributed by atoms with Gasteiger partial charge in [0.15, 0.2) is 0 Å². The molecule has 1 saturated carbocycles. The first-order valence-electron chi connectivity index (χ1n) is 8.92. The van der Waals surface area contributed by atoms with Crippen LogP contribution in [0, 0.1) is 5.92 Å². The van der Waals surface area contributed by atoms with Gasteiger partial charge in [-0.1, -0.05) is 30.3 Å². The van der Waals surface area contributed by atoms with Gasteiger partial charge in [-0.25, -0.2) is 0 Å². The van der Waals surface area contributed by atoms with Gasteiger partial charge in [-0.15, -0.1) is 0 Å². The summed E-state index contributed by atoms with van der Waals surface area (Å²) in [7, 11) is 0. The third-order valence-corrected chi connectivity index (χ3v) is 4.45. The average Bonchev–Trinajstić information content (AvgIpc) is 3.49. The molecule has 1 aliphatic carbocycles. The number of benzene rings is 2. The molecule has 26 heavy (non-hydrogen) atoms. The lowest BCUT2D eigenvalue weighted by Gasteiger charge is -2.19. The van der Waals surface area contributed by atoms with Crippen LogP contribution in [0.2, 0.25) is 0 Å². The SMILES string of the molecule is O=C(O)CCC(NC(=O)c1ccc(OCC2CC2)cc1)c1ccccc1. The number of ether oxygens (including phenoxy) is 1. The van der Waals surface area contributed by atoms with E-state index in [4.69, 9.17) is 9.84 Å². The number of rotatable bonds is 9. The van der Waals surface area contributed by atoms with Crippen LogP contribution in [0.4, 0.5) is 0 Å². The van der Waals surface area contributed by atoms with Gasteiger partial charge in [0.1, 0.15) is 5.75 Å². The van der Waals surface area contributed by atoms with Crippen LogP contribution < -0.4 is 10.1 Å². The maximum atomic E-state index is 12.6. The first-order valence-corrected chi connectivity index (χ1v) is 8.92. The zero-order valence-electron chi connectivity index (χ0n) is 14.6. The smallest absolute Gasteiger partial charge is 0.303 e. The zero-order chi connectivity index (χ0) is 18.4. The van der Waals surface area contributed by atoms with Gasteiger partial charge in [0.2, 0.25) is 0 Å². The standard InChI is InChI=1S/C21H23NO4/c23-20(24)13-12-19(16-4-2-1-3-5-16)22-21(25)17-8-10-18(11-9-17)26-14-15-6-7-15/h1-5,8-11,15,19H,6-7,12-14H2,(H,22,25)(H,23,24). The average molecular weight is 353 g/mol. The fraction of sp³-hybridized carbons (Fsp3) is 0.333. The fourth-order valence-corrected chi connectivity index (χ4v) is 2.72. The Morgan fingerprint density at radius 2 is 1.77 bits per heavy atom. The summed E-state index contributed by atoms with van der Waals surface area (Å²) < 4.78 is 5.68. The Morgan fingerprint density at radius 3 is 2.38 bits per heavy atom. The van der Waals surface area contributed by atoms with Crippen molar-refractivity contribution in [1.82, 2.24) is 5.32 Å². The Kier molecular flexibility index (Phi) is 5.89. The van der Waals surface area contributed by atoms with E-state index in [0.717, 1.165) is 17.9 Å². The molecule has 5 heteroatoms. The van der Waals surface area contributed by atoms with Gasteiger partial charge in [-0.2, -0.15) is 0 Å². The summed E-state index contributed by atoms with van der Waals surface area (Å²) in [4.78, 5) is 23.5. The Morgan fingerprint density at radius 1 is 1.08 bits per heavy atom. The van der Waals surface area contributed by atoms with E-state index in [-0.39, 0.29) is 18.4 Å². The predicted octanol–water partition coefficient (Wildman–Crippen LogP) is 3.81. The van der Waals surface area contributed by atoms with Crippen LogP contribution in [-0.4, -0.2) is 23.6 Å². The molecule has 1 amide bonds. The van der Waals surface area contributed by atoms with Crippen LogP contribution in [0.3, 0.4) is 0 Å². The highest BCUT2D eigenvalue weighted by molar-refractivity contribution is 5.94. The van der Waals surface area contributed by atoms with Crippen LogP contribution >= 0.6 is 0 Å². The van der Waals surface area contributed by atoms with Crippen LogP contribution in [-0.2, 0) is 4.79 Å². The number of hydrogen-bond donors (Lipinski definition) is 2. The molecule has 5 nitrogen and oxygen atoms in total. The largest absolute Gasteiger partial charge is 0.493 e. The highest BCUT2D eigenvalue weighted by Crippen LogP contribution is 2.29. The molecular weight excluding hydrogens is 330 g/mol. The van der Waals surface area contributed by atoms with E-state index in [1.54, 1.807) is 24.3 Å². The molecule has 0 bridgehead atoms. The number of nitrogens with one attached hydrogen (secondary N) is 1. The van der Waals surface area contributed by atoms with E-state index in [1.165, 1.54) is 12.8 Å². The molecule has 2 aromatic carbocycles. The van der Waals surface area contributed by atoms with Crippen molar-refractivity contribution in [2.24, 2.45) is 5.92 Å². The van der Waals surface area contributed by atoms with E-state index < -0.39 is 5.97 Å². The molecule has 1 fully saturated rings. The molecule has 0 aliphatic heterocycles. The molecule has 136 valence electrons. The quantitative estimate of drug-likeness (QED) is 0.719. The monoisotopic (exact) mass is 353 g/mol. The highest BCUT2D eigenvalue weighted by Gasteiger charge is 2.22. The normalized spacial score (nSPS) is 14.5. The van der Waals surface area contributed by atoms with Crippen molar-refractivity contribution in [2.75, 3.05) is 6.61 Å². The van der Waals surface area contributed by atoms with Gasteiger partial charge < -0.3 is 15.2 Å². The van der Waals surface area contributed by atoms with Crippen LogP contribution in [0.25, 0.3) is 0 Å². The molecule has 0 aromatic heterocycles. The van der Waals surface area contributed by atoms with E-state index in [0.29, 0.717) is 17.9 Å². The minimum atomic E-state index is -0.877. The third kappa shape index (κ3) is 5.34. The summed E-state index contributed by atoms with van der Waals surface area (Å²) >= 11 is 0. The molecule has 0 saturated heterocycles. The second-order valence-corrected chi connectivity index (χ2v) is 6.65. The number of carboxylic acid groups (broad SMARTS) is 1. The minimum Gasteiger partial charge on any atom is -0.493 e. The van der Waals surface area contributed by atoms with Crippen molar-refractivity contribution in [3.63, 3.8) is 0 Å². The van der Waals surface area contributed by atoms with Gasteiger partial charge in [0.05, 0.1) is 12.6 Å². The van der Waals surface area contributed by atoms with Gasteiger partial charge in [0.25, 0.3) is 5.91 Å². The predicted molar refractivity (Wildman–Crippen MR) is 98.2 cm³/mol. The summed E-state index contributed by atoms with van der Waals surface area (Å²) in [6, 6.07) is 16.1. The first kappa shape index (κ1) is 18.0. The molecule has 2 N–H and O–H groups in total. The third-order valence-electron chi connectivity index (χ3n) is 4.45. The maximum Gasteiger partial charge on any atom is 0.303 e. The molecule has 3 rings (SSSR count). The van der Waals surface area contributed by atoms with Gasteiger partial charge in [-0.05, 0) is 55.0 Å². The van der Waals surface area contributed by atoms with E-state index in [9.17, 15) is 9.59 Å². The number of carboxylic acids is 1. The molecule has 0 heterocycles. The second-order valence-electron chi connectivity index (χ2n) is 6.65. The van der Waals surface area contributed by atoms with Crippen molar-refractivity contribution in [3.05, 3.63) is 65.7 Å². The number of amides is 1. The summed E-state index contributed by atoms with van der Waals surface area (Å²) in [5.74, 6) is 0.341. The topological polar surface area (TPSA) is 75.6 Å². The number of carbonyl (C=O) groups excluding carboxylic acids is 1. The summed E-state index contributed by atoms with van der Waals surface area (Å²) in [5, 5.41) is 11.9. The van der Waals surface area contributed by atoms with Crippen LogP contribution in [0.1, 0.15) is 47.6 Å². The van der Waals surface area contributed by atoms with Crippen LogP contribution in [0.5, 0.6) is 5.75 Å². The van der Waals surface area contributed by atoms with Crippen molar-refractivity contribution in [3.8, 4) is 5.75 Å². The molecule has 1 aliphatic rings. The first-order chi connectivity index (χ1) is 12.6. The zero-order valence-corrected chi connectivity index (χ0v) is 14.6. The molecule has 1 atom stereocenters. The van der Waals surface area contributed by atoms with Gasteiger partial charge in [-0.3, -0.25) is 9.59 Å².